The molecule has 0 unspecified atom stereocenters. The number of aryl methyl sites for hydroxylation is 2. The Labute approximate surface area is 167 Å². The Morgan fingerprint density at radius 2 is 1.86 bits per heavy atom. The first-order valence-corrected chi connectivity index (χ1v) is 9.48. The van der Waals surface area contributed by atoms with Gasteiger partial charge in [-0.1, -0.05) is 17.7 Å². The van der Waals surface area contributed by atoms with Crippen molar-refractivity contribution in [2.24, 2.45) is 0 Å². The molecule has 0 spiro atoms. The van der Waals surface area contributed by atoms with Gasteiger partial charge in [-0.2, -0.15) is 0 Å². The first kappa shape index (κ1) is 19.6. The van der Waals surface area contributed by atoms with Gasteiger partial charge in [0.15, 0.2) is 11.7 Å². The van der Waals surface area contributed by atoms with E-state index in [1.54, 1.807) is 13.2 Å². The first-order chi connectivity index (χ1) is 13.5. The van der Waals surface area contributed by atoms with E-state index in [0.29, 0.717) is 10.7 Å². The summed E-state index contributed by atoms with van der Waals surface area (Å²) in [5, 5.41) is 4.94. The summed E-state index contributed by atoms with van der Waals surface area (Å²) in [6, 6.07) is 13.0. The van der Waals surface area contributed by atoms with Crippen LogP contribution in [0.25, 0.3) is 11.3 Å². The van der Waals surface area contributed by atoms with E-state index in [0.717, 1.165) is 28.1 Å². The van der Waals surface area contributed by atoms with Crippen LogP contribution in [0.5, 0.6) is 5.75 Å². The van der Waals surface area contributed by atoms with Gasteiger partial charge in [0.2, 0.25) is 0 Å². The molecule has 0 aliphatic heterocycles. The minimum Gasteiger partial charge on any atom is -0.497 e. The van der Waals surface area contributed by atoms with Crippen LogP contribution in [0.15, 0.2) is 47.8 Å². The monoisotopic (exact) mass is 396 g/mol. The Kier molecular flexibility index (Phi) is 6.06. The largest absolute Gasteiger partial charge is 0.497 e. The topological polar surface area (TPSA) is 77.5 Å². The molecule has 0 fully saturated rings. The Bertz CT molecular complexity index is 996. The highest BCUT2D eigenvalue weighted by molar-refractivity contribution is 7.14. The van der Waals surface area contributed by atoms with E-state index in [1.807, 2.05) is 55.6 Å². The summed E-state index contributed by atoms with van der Waals surface area (Å²) in [7, 11) is 1.61. The molecule has 1 aromatic heterocycles. The lowest BCUT2D eigenvalue weighted by Gasteiger charge is -2.07. The lowest BCUT2D eigenvalue weighted by molar-refractivity contribution is -0.119. The molecule has 3 rings (SSSR count). The zero-order valence-corrected chi connectivity index (χ0v) is 16.6. The van der Waals surface area contributed by atoms with Crippen molar-refractivity contribution in [1.29, 1.82) is 0 Å². The SMILES string of the molecule is COc1ccc(-c2csc(NC(=O)COC(=O)c3cc(C)ccc3C)n2)cc1. The summed E-state index contributed by atoms with van der Waals surface area (Å²) in [4.78, 5) is 28.7. The molecule has 7 heteroatoms. The van der Waals surface area contributed by atoms with Crippen LogP contribution in [0, 0.1) is 13.8 Å². The van der Waals surface area contributed by atoms with Gasteiger partial charge in [0, 0.05) is 10.9 Å². The zero-order chi connectivity index (χ0) is 20.1. The number of carbonyl (C=O) groups is 2. The number of benzene rings is 2. The van der Waals surface area contributed by atoms with Gasteiger partial charge in [0.25, 0.3) is 5.91 Å². The second-order valence-corrected chi connectivity index (χ2v) is 7.07. The number of methoxy groups -OCH3 is 1. The third-order valence-electron chi connectivity index (χ3n) is 4.08. The highest BCUT2D eigenvalue weighted by Gasteiger charge is 2.14. The molecular formula is C21H20N2O4S. The van der Waals surface area contributed by atoms with E-state index in [1.165, 1.54) is 11.3 Å². The predicted molar refractivity (Wildman–Crippen MR) is 109 cm³/mol. The third kappa shape index (κ3) is 4.75. The molecule has 0 bridgehead atoms. The summed E-state index contributed by atoms with van der Waals surface area (Å²) in [5.74, 6) is -0.193. The number of aromatic nitrogens is 1. The summed E-state index contributed by atoms with van der Waals surface area (Å²) in [5.41, 5.74) is 3.88. The van der Waals surface area contributed by atoms with Crippen LogP contribution in [-0.4, -0.2) is 30.6 Å². The molecule has 144 valence electrons. The fraction of sp³-hybridized carbons (Fsp3) is 0.190. The van der Waals surface area contributed by atoms with E-state index >= 15 is 0 Å². The van der Waals surface area contributed by atoms with Crippen LogP contribution in [0.2, 0.25) is 0 Å². The van der Waals surface area contributed by atoms with Crippen molar-refractivity contribution in [2.75, 3.05) is 19.0 Å². The summed E-state index contributed by atoms with van der Waals surface area (Å²) in [6.07, 6.45) is 0. The number of hydrogen-bond donors (Lipinski definition) is 1. The van der Waals surface area contributed by atoms with Crippen molar-refractivity contribution in [3.05, 3.63) is 64.5 Å². The average molecular weight is 396 g/mol. The number of rotatable bonds is 6. The van der Waals surface area contributed by atoms with E-state index in [2.05, 4.69) is 10.3 Å². The summed E-state index contributed by atoms with van der Waals surface area (Å²) >= 11 is 1.30. The van der Waals surface area contributed by atoms with E-state index < -0.39 is 11.9 Å². The minimum atomic E-state index is -0.519. The van der Waals surface area contributed by atoms with Crippen molar-refractivity contribution in [3.63, 3.8) is 0 Å². The highest BCUT2D eigenvalue weighted by Crippen LogP contribution is 2.26. The molecule has 0 aliphatic rings. The molecule has 1 amide bonds. The Hall–Kier alpha value is -3.19. The fourth-order valence-electron chi connectivity index (χ4n) is 2.55. The molecule has 1 N–H and O–H groups in total. The maximum Gasteiger partial charge on any atom is 0.338 e. The molecule has 1 heterocycles. The van der Waals surface area contributed by atoms with Crippen LogP contribution < -0.4 is 10.1 Å². The second-order valence-electron chi connectivity index (χ2n) is 6.21. The van der Waals surface area contributed by atoms with Gasteiger partial charge < -0.3 is 9.47 Å². The lowest BCUT2D eigenvalue weighted by atomic mass is 10.1. The fourth-order valence-corrected chi connectivity index (χ4v) is 3.28. The number of amides is 1. The molecule has 0 radical (unpaired) electrons. The molecule has 0 atom stereocenters. The van der Waals surface area contributed by atoms with Gasteiger partial charge in [0.05, 0.1) is 18.4 Å². The minimum absolute atomic E-state index is 0.371. The van der Waals surface area contributed by atoms with Crippen LogP contribution in [-0.2, 0) is 9.53 Å². The number of anilines is 1. The second kappa shape index (κ2) is 8.67. The Morgan fingerprint density at radius 1 is 1.11 bits per heavy atom. The molecule has 2 aromatic carbocycles. The molecule has 0 aliphatic carbocycles. The molecule has 28 heavy (non-hydrogen) atoms. The van der Waals surface area contributed by atoms with Crippen molar-refractivity contribution >= 4 is 28.3 Å². The molecule has 0 saturated carbocycles. The smallest absolute Gasteiger partial charge is 0.338 e. The first-order valence-electron chi connectivity index (χ1n) is 8.60. The van der Waals surface area contributed by atoms with Crippen molar-refractivity contribution in [1.82, 2.24) is 4.98 Å². The number of esters is 1. The molecule has 0 saturated heterocycles. The maximum atomic E-state index is 12.2. The standard InChI is InChI=1S/C21H20N2O4S/c1-13-4-5-14(2)17(10-13)20(25)27-11-19(24)23-21-22-18(12-28-21)15-6-8-16(26-3)9-7-15/h4-10,12H,11H2,1-3H3,(H,22,23,24). The van der Waals surface area contributed by atoms with Gasteiger partial charge >= 0.3 is 5.97 Å². The van der Waals surface area contributed by atoms with Gasteiger partial charge in [-0.15, -0.1) is 11.3 Å². The number of nitrogens with zero attached hydrogens (tertiary/aromatic N) is 1. The lowest BCUT2D eigenvalue weighted by Crippen LogP contribution is -2.21. The maximum absolute atomic E-state index is 12.2. The Morgan fingerprint density at radius 3 is 2.57 bits per heavy atom. The van der Waals surface area contributed by atoms with Crippen molar-refractivity contribution in [2.45, 2.75) is 13.8 Å². The van der Waals surface area contributed by atoms with E-state index in [-0.39, 0.29) is 6.61 Å². The number of thiazole rings is 1. The van der Waals surface area contributed by atoms with Crippen LogP contribution in [0.4, 0.5) is 5.13 Å². The van der Waals surface area contributed by atoms with E-state index in [9.17, 15) is 9.59 Å². The number of carbonyl (C=O) groups excluding carboxylic acids is 2. The van der Waals surface area contributed by atoms with Gasteiger partial charge in [-0.3, -0.25) is 10.1 Å². The summed E-state index contributed by atoms with van der Waals surface area (Å²) in [6.45, 7) is 3.35. The number of ether oxygens (including phenoxy) is 2. The molecule has 3 aromatic rings. The van der Waals surface area contributed by atoms with Gasteiger partial charge in [-0.25, -0.2) is 9.78 Å². The van der Waals surface area contributed by atoms with Crippen LogP contribution in [0.3, 0.4) is 0 Å². The molecule has 6 nitrogen and oxygen atoms in total. The predicted octanol–water partition coefficient (Wildman–Crippen LogP) is 4.23. The van der Waals surface area contributed by atoms with Crippen LogP contribution >= 0.6 is 11.3 Å². The number of nitrogens with one attached hydrogen (secondary N) is 1. The highest BCUT2D eigenvalue weighted by atomic mass is 32.1. The quantitative estimate of drug-likeness (QED) is 0.631. The van der Waals surface area contributed by atoms with E-state index in [4.69, 9.17) is 9.47 Å². The molecular weight excluding hydrogens is 376 g/mol. The Balaban J connectivity index is 1.57. The van der Waals surface area contributed by atoms with Crippen molar-refractivity contribution < 1.29 is 19.1 Å². The van der Waals surface area contributed by atoms with Gasteiger partial charge in [-0.05, 0) is 49.7 Å². The zero-order valence-electron chi connectivity index (χ0n) is 15.8. The van der Waals surface area contributed by atoms with Gasteiger partial charge in [0.1, 0.15) is 5.75 Å². The number of hydrogen-bond acceptors (Lipinski definition) is 6. The van der Waals surface area contributed by atoms with Crippen molar-refractivity contribution in [3.8, 4) is 17.0 Å². The summed E-state index contributed by atoms with van der Waals surface area (Å²) < 4.78 is 10.3. The third-order valence-corrected chi connectivity index (χ3v) is 4.84. The van der Waals surface area contributed by atoms with Crippen LogP contribution in [0.1, 0.15) is 21.5 Å². The normalized spacial score (nSPS) is 10.4. The average Bonchev–Trinajstić information content (AvgIpc) is 3.16.